The zero-order valence-corrected chi connectivity index (χ0v) is 14.5. The number of carbonyl (C=O) groups is 1. The number of fused-ring (bicyclic) bond motifs is 1. The first-order valence-electron chi connectivity index (χ1n) is 7.25. The van der Waals surface area contributed by atoms with Gasteiger partial charge >= 0.3 is 0 Å². The summed E-state index contributed by atoms with van der Waals surface area (Å²) in [4.78, 5) is 16.5. The Labute approximate surface area is 152 Å². The van der Waals surface area contributed by atoms with Crippen LogP contribution in [0.3, 0.4) is 0 Å². The Kier molecular flexibility index (Phi) is 5.17. The maximum atomic E-state index is 14.1. The molecule has 0 radical (unpaired) electrons. The molecule has 3 aromatic rings. The number of amides is 1. The summed E-state index contributed by atoms with van der Waals surface area (Å²) in [5, 5.41) is 0.575. The fourth-order valence-corrected chi connectivity index (χ4v) is 3.41. The average Bonchev–Trinajstić information content (AvgIpc) is 2.93. The molecule has 7 heteroatoms. The smallest absolute Gasteiger partial charge is 0.286 e. The van der Waals surface area contributed by atoms with Crippen LogP contribution in [0.2, 0.25) is 5.02 Å². The second-order valence-corrected chi connectivity index (χ2v) is 6.46. The van der Waals surface area contributed by atoms with Gasteiger partial charge in [0.1, 0.15) is 11.6 Å². The molecule has 3 rings (SSSR count). The maximum absolute atomic E-state index is 14.1. The molecule has 1 amide bonds. The molecule has 0 bridgehead atoms. The fraction of sp³-hybridized carbons (Fsp3) is 0.111. The number of para-hydroxylation sites is 1. The standard InChI is InChI=1S/C18H12ClFN2O2S/c1-2-10-22-17-14(20)4-3-5-15(17)25-18(22)21-16(23)11-24-13-8-6-12(19)7-9-13/h1,3-9H,10-11H2. The van der Waals surface area contributed by atoms with Crippen molar-refractivity contribution in [1.82, 2.24) is 4.57 Å². The average molecular weight is 375 g/mol. The van der Waals surface area contributed by atoms with E-state index in [4.69, 9.17) is 22.8 Å². The molecule has 25 heavy (non-hydrogen) atoms. The van der Waals surface area contributed by atoms with Gasteiger partial charge in [-0.05, 0) is 36.4 Å². The largest absolute Gasteiger partial charge is 0.484 e. The topological polar surface area (TPSA) is 43.6 Å². The highest BCUT2D eigenvalue weighted by Gasteiger charge is 2.11. The van der Waals surface area contributed by atoms with Crippen LogP contribution in [0.1, 0.15) is 0 Å². The lowest BCUT2D eigenvalue weighted by Gasteiger charge is -2.03. The summed E-state index contributed by atoms with van der Waals surface area (Å²) < 4.78 is 21.6. The lowest BCUT2D eigenvalue weighted by Crippen LogP contribution is -2.19. The molecule has 0 N–H and O–H groups in total. The van der Waals surface area contributed by atoms with Crippen molar-refractivity contribution < 1.29 is 13.9 Å². The van der Waals surface area contributed by atoms with Crippen molar-refractivity contribution in [2.24, 2.45) is 4.99 Å². The molecule has 1 heterocycles. The van der Waals surface area contributed by atoms with E-state index in [1.807, 2.05) is 0 Å². The number of halogens is 2. The van der Waals surface area contributed by atoms with E-state index in [2.05, 4.69) is 10.9 Å². The van der Waals surface area contributed by atoms with Gasteiger partial charge in [0.15, 0.2) is 11.4 Å². The van der Waals surface area contributed by atoms with Crippen molar-refractivity contribution in [2.45, 2.75) is 6.54 Å². The van der Waals surface area contributed by atoms with E-state index in [-0.39, 0.29) is 13.2 Å². The van der Waals surface area contributed by atoms with Gasteiger partial charge in [0, 0.05) is 5.02 Å². The number of rotatable bonds is 4. The molecule has 126 valence electrons. The number of benzene rings is 2. The van der Waals surface area contributed by atoms with Crippen LogP contribution in [0.5, 0.6) is 5.75 Å². The van der Waals surface area contributed by atoms with E-state index < -0.39 is 11.7 Å². The molecule has 1 aromatic heterocycles. The zero-order chi connectivity index (χ0) is 17.8. The summed E-state index contributed by atoms with van der Waals surface area (Å²) in [7, 11) is 0. The Morgan fingerprint density at radius 2 is 2.08 bits per heavy atom. The molecule has 0 aliphatic heterocycles. The van der Waals surface area contributed by atoms with Crippen LogP contribution in [-0.2, 0) is 11.3 Å². The van der Waals surface area contributed by atoms with Gasteiger partial charge in [-0.2, -0.15) is 4.99 Å². The molecule has 0 fully saturated rings. The third-order valence-electron chi connectivity index (χ3n) is 3.30. The molecular formula is C18H12ClFN2O2S. The maximum Gasteiger partial charge on any atom is 0.286 e. The lowest BCUT2D eigenvalue weighted by atomic mass is 10.3. The van der Waals surface area contributed by atoms with Gasteiger partial charge in [0.2, 0.25) is 0 Å². The first kappa shape index (κ1) is 17.2. The quantitative estimate of drug-likeness (QED) is 0.654. The number of hydrogen-bond donors (Lipinski definition) is 0. The van der Waals surface area contributed by atoms with E-state index in [1.165, 1.54) is 22.0 Å². The summed E-state index contributed by atoms with van der Waals surface area (Å²) >= 11 is 6.99. The number of ether oxygens (including phenoxy) is 1. The third-order valence-corrected chi connectivity index (χ3v) is 4.59. The highest BCUT2D eigenvalue weighted by atomic mass is 35.5. The van der Waals surface area contributed by atoms with Crippen molar-refractivity contribution >= 4 is 39.1 Å². The van der Waals surface area contributed by atoms with Crippen LogP contribution in [-0.4, -0.2) is 17.1 Å². The van der Waals surface area contributed by atoms with E-state index in [0.29, 0.717) is 25.8 Å². The second kappa shape index (κ2) is 7.51. The number of thiazole rings is 1. The Morgan fingerprint density at radius 1 is 1.32 bits per heavy atom. The summed E-state index contributed by atoms with van der Waals surface area (Å²) in [5.41, 5.74) is 0.343. The molecule has 2 aromatic carbocycles. The van der Waals surface area contributed by atoms with Crippen molar-refractivity contribution in [1.29, 1.82) is 0 Å². The minimum absolute atomic E-state index is 0.116. The molecule has 0 aliphatic rings. The molecule has 0 spiro atoms. The molecule has 0 atom stereocenters. The first-order chi connectivity index (χ1) is 12.1. The normalized spacial score (nSPS) is 11.5. The minimum atomic E-state index is -0.493. The van der Waals surface area contributed by atoms with E-state index in [1.54, 1.807) is 36.4 Å². The van der Waals surface area contributed by atoms with Crippen molar-refractivity contribution in [3.63, 3.8) is 0 Å². The van der Waals surface area contributed by atoms with Gasteiger partial charge in [-0.1, -0.05) is 34.9 Å². The number of nitrogens with zero attached hydrogens (tertiary/aromatic N) is 2. The highest BCUT2D eigenvalue weighted by molar-refractivity contribution is 7.16. The molecule has 0 saturated carbocycles. The van der Waals surface area contributed by atoms with Gasteiger partial charge in [-0.3, -0.25) is 4.79 Å². The minimum Gasteiger partial charge on any atom is -0.484 e. The van der Waals surface area contributed by atoms with Gasteiger partial charge in [-0.15, -0.1) is 6.42 Å². The number of hydrogen-bond acceptors (Lipinski definition) is 3. The van der Waals surface area contributed by atoms with Crippen LogP contribution in [0.25, 0.3) is 10.2 Å². The van der Waals surface area contributed by atoms with Crippen molar-refractivity contribution in [2.75, 3.05) is 6.61 Å². The fourth-order valence-electron chi connectivity index (χ4n) is 2.22. The van der Waals surface area contributed by atoms with Gasteiger partial charge < -0.3 is 9.30 Å². The van der Waals surface area contributed by atoms with Crippen LogP contribution < -0.4 is 9.54 Å². The Hall–Kier alpha value is -2.62. The summed E-state index contributed by atoms with van der Waals surface area (Å²) in [6.45, 7) is -0.125. The van der Waals surface area contributed by atoms with Crippen molar-refractivity contribution in [3.8, 4) is 18.1 Å². The predicted octanol–water partition coefficient (Wildman–Crippen LogP) is 3.63. The first-order valence-corrected chi connectivity index (χ1v) is 8.45. The second-order valence-electron chi connectivity index (χ2n) is 5.01. The Morgan fingerprint density at radius 3 is 2.80 bits per heavy atom. The summed E-state index contributed by atoms with van der Waals surface area (Å²) in [5.74, 6) is 2.06. The Bertz CT molecular complexity index is 1030. The molecule has 0 saturated heterocycles. The van der Waals surface area contributed by atoms with Crippen LogP contribution in [0, 0.1) is 18.2 Å². The van der Waals surface area contributed by atoms with Crippen LogP contribution in [0.15, 0.2) is 47.5 Å². The molecule has 4 nitrogen and oxygen atoms in total. The SMILES string of the molecule is C#CCn1c(=NC(=O)COc2ccc(Cl)cc2)sc2cccc(F)c21. The number of terminal acetylenes is 1. The number of carbonyl (C=O) groups excluding carboxylic acids is 1. The van der Waals surface area contributed by atoms with E-state index >= 15 is 0 Å². The van der Waals surface area contributed by atoms with Crippen molar-refractivity contribution in [3.05, 3.63) is 58.1 Å². The lowest BCUT2D eigenvalue weighted by molar-refractivity contribution is -0.120. The molecule has 0 aliphatic carbocycles. The summed E-state index contributed by atoms with van der Waals surface area (Å²) in [6, 6.07) is 11.3. The summed E-state index contributed by atoms with van der Waals surface area (Å²) in [6.07, 6.45) is 5.36. The van der Waals surface area contributed by atoms with Gasteiger partial charge in [-0.25, -0.2) is 4.39 Å². The monoisotopic (exact) mass is 374 g/mol. The molecular weight excluding hydrogens is 363 g/mol. The predicted molar refractivity (Wildman–Crippen MR) is 96.1 cm³/mol. The third kappa shape index (κ3) is 3.90. The highest BCUT2D eigenvalue weighted by Crippen LogP contribution is 2.20. The van der Waals surface area contributed by atoms with E-state index in [0.717, 1.165) is 0 Å². The molecule has 0 unspecified atom stereocenters. The van der Waals surface area contributed by atoms with Gasteiger partial charge in [0.25, 0.3) is 5.91 Å². The van der Waals surface area contributed by atoms with Gasteiger partial charge in [0.05, 0.1) is 16.8 Å². The zero-order valence-electron chi connectivity index (χ0n) is 12.9. The van der Waals surface area contributed by atoms with Crippen LogP contribution >= 0.6 is 22.9 Å². The van der Waals surface area contributed by atoms with E-state index in [9.17, 15) is 9.18 Å². The number of aromatic nitrogens is 1. The van der Waals surface area contributed by atoms with Crippen LogP contribution in [0.4, 0.5) is 4.39 Å². The Balaban J connectivity index is 1.88.